The molecule has 1 amide bonds. The Morgan fingerprint density at radius 2 is 1.83 bits per heavy atom. The average molecular weight is 347 g/mol. The highest BCUT2D eigenvalue weighted by atomic mass is 32.2. The summed E-state index contributed by atoms with van der Waals surface area (Å²) in [5.41, 5.74) is 2.63. The van der Waals surface area contributed by atoms with Crippen LogP contribution >= 0.6 is 0 Å². The Bertz CT molecular complexity index is 805. The zero-order chi connectivity index (χ0) is 17.6. The maximum atomic E-state index is 12.3. The van der Waals surface area contributed by atoms with Crippen LogP contribution in [0.3, 0.4) is 0 Å². The lowest BCUT2D eigenvalue weighted by atomic mass is 10.2. The van der Waals surface area contributed by atoms with Gasteiger partial charge in [-0.05, 0) is 43.2 Å². The summed E-state index contributed by atoms with van der Waals surface area (Å²) >= 11 is 0. The fourth-order valence-electron chi connectivity index (χ4n) is 2.27. The lowest BCUT2D eigenvalue weighted by Crippen LogP contribution is -2.30. The number of nitrogens with zero attached hydrogens (tertiary/aromatic N) is 1. The van der Waals surface area contributed by atoms with Crippen LogP contribution in [0.15, 0.2) is 47.6 Å². The molecule has 0 aliphatic rings. The molecule has 1 aromatic carbocycles. The van der Waals surface area contributed by atoms with Gasteiger partial charge in [0.1, 0.15) is 0 Å². The van der Waals surface area contributed by atoms with Crippen molar-refractivity contribution in [2.75, 3.05) is 6.54 Å². The molecule has 0 saturated carbocycles. The van der Waals surface area contributed by atoms with Crippen molar-refractivity contribution in [1.82, 2.24) is 15.0 Å². The number of nitrogens with one attached hydrogen (secondary N) is 2. The Balaban J connectivity index is 1.83. The molecule has 24 heavy (non-hydrogen) atoms. The van der Waals surface area contributed by atoms with E-state index in [1.807, 2.05) is 25.1 Å². The van der Waals surface area contributed by atoms with Gasteiger partial charge >= 0.3 is 0 Å². The van der Waals surface area contributed by atoms with Crippen molar-refractivity contribution in [1.29, 1.82) is 0 Å². The van der Waals surface area contributed by atoms with E-state index in [2.05, 4.69) is 15.0 Å². The van der Waals surface area contributed by atoms with E-state index in [0.29, 0.717) is 12.1 Å². The van der Waals surface area contributed by atoms with E-state index in [-0.39, 0.29) is 23.8 Å². The molecule has 6 nitrogen and oxygen atoms in total. The van der Waals surface area contributed by atoms with Gasteiger partial charge in [-0.2, -0.15) is 0 Å². The molecule has 2 aromatic rings. The van der Waals surface area contributed by atoms with E-state index < -0.39 is 10.0 Å². The van der Waals surface area contributed by atoms with Gasteiger partial charge in [0.05, 0.1) is 4.90 Å². The van der Waals surface area contributed by atoms with Crippen molar-refractivity contribution in [3.8, 4) is 0 Å². The number of carbonyl (C=O) groups is 1. The molecule has 128 valence electrons. The molecule has 2 N–H and O–H groups in total. The van der Waals surface area contributed by atoms with Crippen molar-refractivity contribution in [2.24, 2.45) is 0 Å². The number of aryl methyl sites for hydroxylation is 2. The summed E-state index contributed by atoms with van der Waals surface area (Å²) in [6, 6.07) is 8.77. The Morgan fingerprint density at radius 3 is 2.50 bits per heavy atom. The largest absolute Gasteiger partial charge is 0.352 e. The number of pyridine rings is 1. The Morgan fingerprint density at radius 1 is 1.12 bits per heavy atom. The van der Waals surface area contributed by atoms with E-state index in [1.54, 1.807) is 31.5 Å². The third kappa shape index (κ3) is 5.14. The highest BCUT2D eigenvalue weighted by molar-refractivity contribution is 7.89. The molecule has 2 rings (SSSR count). The first-order valence-corrected chi connectivity index (χ1v) is 9.09. The van der Waals surface area contributed by atoms with Crippen LogP contribution < -0.4 is 10.0 Å². The van der Waals surface area contributed by atoms with E-state index >= 15 is 0 Å². The zero-order valence-corrected chi connectivity index (χ0v) is 14.6. The van der Waals surface area contributed by atoms with Crippen molar-refractivity contribution in [3.63, 3.8) is 0 Å². The summed E-state index contributed by atoms with van der Waals surface area (Å²) < 4.78 is 27.0. The lowest BCUT2D eigenvalue weighted by Gasteiger charge is -2.10. The monoisotopic (exact) mass is 347 g/mol. The lowest BCUT2D eigenvalue weighted by molar-refractivity contribution is -0.121. The van der Waals surface area contributed by atoms with Crippen molar-refractivity contribution in [2.45, 2.75) is 31.7 Å². The molecule has 0 spiro atoms. The van der Waals surface area contributed by atoms with Gasteiger partial charge in [0.25, 0.3) is 0 Å². The first-order valence-electron chi connectivity index (χ1n) is 7.61. The number of rotatable bonds is 7. The fraction of sp³-hybridized carbons (Fsp3) is 0.294. The SMILES string of the molecule is Cc1ccc(S(=O)(=O)NCCC(=O)NCc2ccncc2)c(C)c1. The second-order valence-corrected chi connectivity index (χ2v) is 7.28. The Hall–Kier alpha value is -2.25. The van der Waals surface area contributed by atoms with Gasteiger partial charge in [0, 0.05) is 31.9 Å². The van der Waals surface area contributed by atoms with Gasteiger partial charge in [-0.25, -0.2) is 13.1 Å². The number of aromatic nitrogens is 1. The molecule has 0 atom stereocenters. The third-order valence-corrected chi connectivity index (χ3v) is 5.12. The van der Waals surface area contributed by atoms with Gasteiger partial charge in [-0.15, -0.1) is 0 Å². The van der Waals surface area contributed by atoms with Crippen LogP contribution in [-0.4, -0.2) is 25.9 Å². The van der Waals surface area contributed by atoms with Crippen LogP contribution in [-0.2, 0) is 21.4 Å². The highest BCUT2D eigenvalue weighted by Gasteiger charge is 2.16. The molecular formula is C17H21N3O3S. The average Bonchev–Trinajstić information content (AvgIpc) is 2.53. The van der Waals surface area contributed by atoms with Gasteiger partial charge in [-0.1, -0.05) is 17.7 Å². The molecule has 0 aliphatic carbocycles. The van der Waals surface area contributed by atoms with Crippen LogP contribution in [0.1, 0.15) is 23.1 Å². The summed E-state index contributed by atoms with van der Waals surface area (Å²) in [5.74, 6) is -0.213. The van der Waals surface area contributed by atoms with Crippen LogP contribution in [0, 0.1) is 13.8 Å². The van der Waals surface area contributed by atoms with E-state index in [4.69, 9.17) is 0 Å². The second kappa shape index (κ2) is 8.03. The second-order valence-electron chi connectivity index (χ2n) is 5.55. The quantitative estimate of drug-likeness (QED) is 0.798. The molecule has 0 unspecified atom stereocenters. The number of hydrogen-bond donors (Lipinski definition) is 2. The van der Waals surface area contributed by atoms with Crippen LogP contribution in [0.2, 0.25) is 0 Å². The standard InChI is InChI=1S/C17H21N3O3S/c1-13-3-4-16(14(2)11-13)24(22,23)20-10-7-17(21)19-12-15-5-8-18-9-6-15/h3-6,8-9,11,20H,7,10,12H2,1-2H3,(H,19,21). The Labute approximate surface area is 142 Å². The molecule has 0 fully saturated rings. The van der Waals surface area contributed by atoms with Crippen molar-refractivity contribution in [3.05, 3.63) is 59.4 Å². The number of hydrogen-bond acceptors (Lipinski definition) is 4. The Kier molecular flexibility index (Phi) is 6.05. The smallest absolute Gasteiger partial charge is 0.240 e. The normalized spacial score (nSPS) is 11.2. The maximum Gasteiger partial charge on any atom is 0.240 e. The van der Waals surface area contributed by atoms with Crippen molar-refractivity contribution >= 4 is 15.9 Å². The number of benzene rings is 1. The van der Waals surface area contributed by atoms with Crippen molar-refractivity contribution < 1.29 is 13.2 Å². The molecule has 0 bridgehead atoms. The van der Waals surface area contributed by atoms with Gasteiger partial charge in [0.15, 0.2) is 0 Å². The summed E-state index contributed by atoms with van der Waals surface area (Å²) in [4.78, 5) is 15.9. The van der Waals surface area contributed by atoms with Gasteiger partial charge < -0.3 is 5.32 Å². The summed E-state index contributed by atoms with van der Waals surface area (Å²) in [5, 5.41) is 2.74. The van der Waals surface area contributed by atoms with Crippen LogP contribution in [0.25, 0.3) is 0 Å². The first-order chi connectivity index (χ1) is 11.4. The van der Waals surface area contributed by atoms with E-state index in [0.717, 1.165) is 11.1 Å². The molecule has 7 heteroatoms. The fourth-order valence-corrected chi connectivity index (χ4v) is 3.52. The maximum absolute atomic E-state index is 12.3. The summed E-state index contributed by atoms with van der Waals surface area (Å²) in [6.07, 6.45) is 3.38. The summed E-state index contributed by atoms with van der Waals surface area (Å²) in [6.45, 7) is 4.11. The predicted octanol–water partition coefficient (Wildman–Crippen LogP) is 1.68. The zero-order valence-electron chi connectivity index (χ0n) is 13.7. The third-order valence-electron chi connectivity index (χ3n) is 3.50. The van der Waals surface area contributed by atoms with E-state index in [1.165, 1.54) is 0 Å². The number of carbonyl (C=O) groups excluding carboxylic acids is 1. The molecule has 1 aromatic heterocycles. The molecular weight excluding hydrogens is 326 g/mol. The minimum Gasteiger partial charge on any atom is -0.352 e. The van der Waals surface area contributed by atoms with E-state index in [9.17, 15) is 13.2 Å². The van der Waals surface area contributed by atoms with Crippen LogP contribution in [0.5, 0.6) is 0 Å². The topological polar surface area (TPSA) is 88.2 Å². The molecule has 1 heterocycles. The predicted molar refractivity (Wildman–Crippen MR) is 91.8 cm³/mol. The van der Waals surface area contributed by atoms with Crippen LogP contribution in [0.4, 0.5) is 0 Å². The number of sulfonamides is 1. The van der Waals surface area contributed by atoms with Gasteiger partial charge in [0.2, 0.25) is 15.9 Å². The first kappa shape index (κ1) is 18.1. The minimum absolute atomic E-state index is 0.0534. The molecule has 0 radical (unpaired) electrons. The molecule has 0 saturated heterocycles. The molecule has 0 aliphatic heterocycles. The summed E-state index contributed by atoms with van der Waals surface area (Å²) in [7, 11) is -3.61. The number of amides is 1. The minimum atomic E-state index is -3.61. The highest BCUT2D eigenvalue weighted by Crippen LogP contribution is 2.16. The van der Waals surface area contributed by atoms with Gasteiger partial charge in [-0.3, -0.25) is 9.78 Å².